The minimum atomic E-state index is 0.836. The highest BCUT2D eigenvalue weighted by Gasteiger charge is 2.14. The molecule has 2 heterocycles. The van der Waals surface area contributed by atoms with Crippen LogP contribution in [-0.2, 0) is 6.54 Å². The van der Waals surface area contributed by atoms with Gasteiger partial charge in [-0.3, -0.25) is 0 Å². The Bertz CT molecular complexity index is 356. The third-order valence-corrected chi connectivity index (χ3v) is 4.59. The number of unbranched alkanes of at least 4 members (excludes halogenated alkanes) is 1. The highest BCUT2D eigenvalue weighted by Crippen LogP contribution is 2.23. The molecule has 1 aromatic rings. The number of rotatable bonds is 6. The summed E-state index contributed by atoms with van der Waals surface area (Å²) in [5.41, 5.74) is 1.12. The van der Waals surface area contributed by atoms with E-state index >= 15 is 0 Å². The summed E-state index contributed by atoms with van der Waals surface area (Å²) < 4.78 is 2.27. The summed E-state index contributed by atoms with van der Waals surface area (Å²) in [5, 5.41) is 3.56. The zero-order valence-electron chi connectivity index (χ0n) is 11.6. The van der Waals surface area contributed by atoms with E-state index in [1.807, 2.05) is 0 Å². The Kier molecular flexibility index (Phi) is 5.42. The molecule has 0 radical (unpaired) electrons. The van der Waals surface area contributed by atoms with Crippen molar-refractivity contribution in [1.82, 2.24) is 9.55 Å². The first kappa shape index (κ1) is 13.8. The Hall–Kier alpha value is -0.640. The maximum atomic E-state index is 4.59. The van der Waals surface area contributed by atoms with Crippen molar-refractivity contribution in [3.63, 3.8) is 0 Å². The molecule has 1 fully saturated rings. The molecule has 0 spiro atoms. The van der Waals surface area contributed by atoms with Crippen molar-refractivity contribution in [3.05, 3.63) is 11.9 Å². The van der Waals surface area contributed by atoms with Gasteiger partial charge in [0.25, 0.3) is 0 Å². The molecule has 0 bridgehead atoms. The van der Waals surface area contributed by atoms with Crippen LogP contribution in [0.5, 0.6) is 0 Å². The van der Waals surface area contributed by atoms with Crippen LogP contribution in [0.2, 0.25) is 0 Å². The van der Waals surface area contributed by atoms with Gasteiger partial charge in [0, 0.05) is 19.3 Å². The normalized spacial score (nSPS) is 17.0. The Morgan fingerprint density at radius 2 is 2.22 bits per heavy atom. The fourth-order valence-corrected chi connectivity index (χ4v) is 3.58. The molecule has 102 valence electrons. The summed E-state index contributed by atoms with van der Waals surface area (Å²) in [6, 6.07) is 0. The van der Waals surface area contributed by atoms with Gasteiger partial charge >= 0.3 is 0 Å². The van der Waals surface area contributed by atoms with E-state index in [4.69, 9.17) is 0 Å². The van der Waals surface area contributed by atoms with Crippen LogP contribution in [0.15, 0.2) is 6.20 Å². The number of nitrogens with zero attached hydrogens (tertiary/aromatic N) is 2. The minimum absolute atomic E-state index is 0.836. The van der Waals surface area contributed by atoms with Gasteiger partial charge in [-0.25, -0.2) is 4.98 Å². The van der Waals surface area contributed by atoms with E-state index in [1.165, 1.54) is 37.2 Å². The largest absolute Gasteiger partial charge is 0.355 e. The van der Waals surface area contributed by atoms with Gasteiger partial charge in [-0.15, -0.1) is 0 Å². The number of imidazole rings is 1. The van der Waals surface area contributed by atoms with Crippen molar-refractivity contribution < 1.29 is 0 Å². The molecule has 2 rings (SSSR count). The molecule has 0 atom stereocenters. The standard InChI is InChI=1S/C14H25N3S/c1-3-4-7-17-11-12(2)16-14(17)15-10-13-5-8-18-9-6-13/h11,13H,3-10H2,1-2H3,(H,15,16). The van der Waals surface area contributed by atoms with Gasteiger partial charge in [0.05, 0.1) is 5.69 Å². The highest BCUT2D eigenvalue weighted by molar-refractivity contribution is 7.99. The molecule has 18 heavy (non-hydrogen) atoms. The molecule has 1 N–H and O–H groups in total. The lowest BCUT2D eigenvalue weighted by Crippen LogP contribution is -2.20. The average Bonchev–Trinajstić information content (AvgIpc) is 2.75. The predicted octanol–water partition coefficient (Wildman–Crippen LogP) is 3.55. The Morgan fingerprint density at radius 3 is 2.94 bits per heavy atom. The van der Waals surface area contributed by atoms with Crippen LogP contribution in [0.4, 0.5) is 5.95 Å². The molecular weight excluding hydrogens is 242 g/mol. The van der Waals surface area contributed by atoms with Crippen molar-refractivity contribution in [2.75, 3.05) is 23.4 Å². The fraction of sp³-hybridized carbons (Fsp3) is 0.786. The van der Waals surface area contributed by atoms with Gasteiger partial charge < -0.3 is 9.88 Å². The maximum absolute atomic E-state index is 4.59. The lowest BCUT2D eigenvalue weighted by molar-refractivity contribution is 0.512. The number of aromatic nitrogens is 2. The average molecular weight is 267 g/mol. The van der Waals surface area contributed by atoms with Gasteiger partial charge in [-0.2, -0.15) is 11.8 Å². The summed E-state index contributed by atoms with van der Waals surface area (Å²) in [4.78, 5) is 4.59. The Morgan fingerprint density at radius 1 is 1.44 bits per heavy atom. The molecule has 0 aromatic carbocycles. The second-order valence-electron chi connectivity index (χ2n) is 5.19. The van der Waals surface area contributed by atoms with Crippen LogP contribution in [0.3, 0.4) is 0 Å². The number of nitrogens with one attached hydrogen (secondary N) is 1. The number of hydrogen-bond acceptors (Lipinski definition) is 3. The Labute approximate surface area is 115 Å². The molecule has 0 saturated carbocycles. The van der Waals surface area contributed by atoms with Crippen LogP contribution >= 0.6 is 11.8 Å². The third kappa shape index (κ3) is 3.94. The van der Waals surface area contributed by atoms with E-state index in [0.29, 0.717) is 0 Å². The first-order valence-corrected chi connectivity index (χ1v) is 8.30. The summed E-state index contributed by atoms with van der Waals surface area (Å²) in [7, 11) is 0. The lowest BCUT2D eigenvalue weighted by atomic mass is 10.0. The van der Waals surface area contributed by atoms with Crippen LogP contribution in [-0.4, -0.2) is 27.6 Å². The van der Waals surface area contributed by atoms with Crippen molar-refractivity contribution in [2.45, 2.75) is 46.1 Å². The van der Waals surface area contributed by atoms with Crippen LogP contribution in [0.1, 0.15) is 38.3 Å². The van der Waals surface area contributed by atoms with Gasteiger partial charge in [-0.05, 0) is 43.6 Å². The second kappa shape index (κ2) is 7.07. The zero-order valence-corrected chi connectivity index (χ0v) is 12.4. The quantitative estimate of drug-likeness (QED) is 0.855. The predicted molar refractivity (Wildman–Crippen MR) is 80.4 cm³/mol. The van der Waals surface area contributed by atoms with Crippen molar-refractivity contribution in [1.29, 1.82) is 0 Å². The first-order valence-electron chi connectivity index (χ1n) is 7.15. The molecule has 0 amide bonds. The van der Waals surface area contributed by atoms with E-state index in [1.54, 1.807) is 0 Å². The van der Waals surface area contributed by atoms with Gasteiger partial charge in [0.1, 0.15) is 0 Å². The maximum Gasteiger partial charge on any atom is 0.203 e. The molecule has 3 nitrogen and oxygen atoms in total. The highest BCUT2D eigenvalue weighted by atomic mass is 32.2. The van der Waals surface area contributed by atoms with E-state index in [2.05, 4.69) is 46.7 Å². The zero-order chi connectivity index (χ0) is 12.8. The SMILES string of the molecule is CCCCn1cc(C)nc1NCC1CCSCC1. The number of hydrogen-bond donors (Lipinski definition) is 1. The lowest BCUT2D eigenvalue weighted by Gasteiger charge is -2.22. The molecule has 1 aliphatic rings. The summed E-state index contributed by atoms with van der Waals surface area (Å²) in [5.74, 6) is 4.56. The number of thioether (sulfide) groups is 1. The topological polar surface area (TPSA) is 29.9 Å². The van der Waals surface area contributed by atoms with E-state index < -0.39 is 0 Å². The fourth-order valence-electron chi connectivity index (χ4n) is 2.37. The van der Waals surface area contributed by atoms with Crippen molar-refractivity contribution in [2.24, 2.45) is 5.92 Å². The first-order chi connectivity index (χ1) is 8.79. The molecule has 1 saturated heterocycles. The second-order valence-corrected chi connectivity index (χ2v) is 6.41. The summed E-state index contributed by atoms with van der Waals surface area (Å²) in [6.45, 7) is 6.48. The van der Waals surface area contributed by atoms with Crippen molar-refractivity contribution in [3.8, 4) is 0 Å². The van der Waals surface area contributed by atoms with E-state index in [-0.39, 0.29) is 0 Å². The molecule has 1 aromatic heterocycles. The molecular formula is C14H25N3S. The molecule has 0 unspecified atom stereocenters. The van der Waals surface area contributed by atoms with Gasteiger partial charge in [-0.1, -0.05) is 13.3 Å². The monoisotopic (exact) mass is 267 g/mol. The molecule has 0 aliphatic carbocycles. The van der Waals surface area contributed by atoms with Gasteiger partial charge in [0.15, 0.2) is 0 Å². The number of aryl methyl sites for hydroxylation is 2. The van der Waals surface area contributed by atoms with Crippen LogP contribution in [0, 0.1) is 12.8 Å². The third-order valence-electron chi connectivity index (χ3n) is 3.54. The van der Waals surface area contributed by atoms with E-state index in [0.717, 1.165) is 30.6 Å². The minimum Gasteiger partial charge on any atom is -0.355 e. The number of anilines is 1. The van der Waals surface area contributed by atoms with Crippen LogP contribution < -0.4 is 5.32 Å². The summed E-state index contributed by atoms with van der Waals surface area (Å²) in [6.07, 6.45) is 7.33. The van der Waals surface area contributed by atoms with Crippen LogP contribution in [0.25, 0.3) is 0 Å². The summed E-state index contributed by atoms with van der Waals surface area (Å²) >= 11 is 2.09. The van der Waals surface area contributed by atoms with Gasteiger partial charge in [0.2, 0.25) is 5.95 Å². The van der Waals surface area contributed by atoms with Crippen molar-refractivity contribution >= 4 is 17.7 Å². The Balaban J connectivity index is 1.86. The van der Waals surface area contributed by atoms with E-state index in [9.17, 15) is 0 Å². The molecule has 1 aliphatic heterocycles. The smallest absolute Gasteiger partial charge is 0.203 e. The molecule has 4 heteroatoms.